The summed E-state index contributed by atoms with van der Waals surface area (Å²) in [7, 11) is 0. The van der Waals surface area contributed by atoms with Gasteiger partial charge in [0.2, 0.25) is 5.91 Å². The van der Waals surface area contributed by atoms with E-state index < -0.39 is 0 Å². The standard InChI is InChI=1S/C19H18N4O2/c1-2-23-16-9-8-13(11-12(16)7-10-17(23)24)20-19(25)18-14-5-3-4-6-15(14)21-22-18/h3-6,8-9,11H,2,7,10H2,1H3,(H,20,25)(H,21,22). The molecule has 25 heavy (non-hydrogen) atoms. The van der Waals surface area contributed by atoms with Crippen molar-refractivity contribution in [2.45, 2.75) is 19.8 Å². The highest BCUT2D eigenvalue weighted by Gasteiger charge is 2.23. The van der Waals surface area contributed by atoms with Crippen LogP contribution >= 0.6 is 0 Å². The summed E-state index contributed by atoms with van der Waals surface area (Å²) in [5, 5.41) is 10.7. The third-order valence-corrected chi connectivity index (χ3v) is 4.54. The number of aryl methyl sites for hydroxylation is 1. The van der Waals surface area contributed by atoms with E-state index in [1.165, 1.54) is 0 Å². The predicted octanol–water partition coefficient (Wildman–Crippen LogP) is 3.11. The van der Waals surface area contributed by atoms with Crippen molar-refractivity contribution < 1.29 is 9.59 Å². The Balaban J connectivity index is 1.61. The maximum atomic E-state index is 12.6. The van der Waals surface area contributed by atoms with Gasteiger partial charge in [0.15, 0.2) is 5.69 Å². The van der Waals surface area contributed by atoms with Crippen LogP contribution < -0.4 is 10.2 Å². The van der Waals surface area contributed by atoms with Crippen LogP contribution in [0.1, 0.15) is 29.4 Å². The maximum absolute atomic E-state index is 12.6. The Bertz CT molecular complexity index is 976. The highest BCUT2D eigenvalue weighted by atomic mass is 16.2. The van der Waals surface area contributed by atoms with Gasteiger partial charge in [0.1, 0.15) is 0 Å². The van der Waals surface area contributed by atoms with E-state index in [-0.39, 0.29) is 11.8 Å². The third-order valence-electron chi connectivity index (χ3n) is 4.54. The van der Waals surface area contributed by atoms with Crippen molar-refractivity contribution >= 4 is 34.1 Å². The van der Waals surface area contributed by atoms with Crippen LogP contribution in [-0.4, -0.2) is 28.6 Å². The van der Waals surface area contributed by atoms with Gasteiger partial charge >= 0.3 is 0 Å². The molecule has 1 aliphatic heterocycles. The molecule has 0 spiro atoms. The lowest BCUT2D eigenvalue weighted by atomic mass is 10.0. The van der Waals surface area contributed by atoms with Crippen LogP contribution in [0.25, 0.3) is 10.9 Å². The molecule has 0 bridgehead atoms. The summed E-state index contributed by atoms with van der Waals surface area (Å²) in [5.41, 5.74) is 3.92. The molecule has 1 aromatic heterocycles. The molecule has 1 aliphatic rings. The number of anilines is 2. The van der Waals surface area contributed by atoms with E-state index in [9.17, 15) is 9.59 Å². The Hall–Kier alpha value is -3.15. The first kappa shape index (κ1) is 15.4. The highest BCUT2D eigenvalue weighted by molar-refractivity contribution is 6.11. The first-order valence-corrected chi connectivity index (χ1v) is 8.35. The number of hydrogen-bond acceptors (Lipinski definition) is 3. The van der Waals surface area contributed by atoms with Crippen LogP contribution in [0.5, 0.6) is 0 Å². The zero-order valence-corrected chi connectivity index (χ0v) is 13.9. The number of hydrogen-bond donors (Lipinski definition) is 2. The Kier molecular flexibility index (Phi) is 3.72. The molecular formula is C19H18N4O2. The number of fused-ring (bicyclic) bond motifs is 2. The number of para-hydroxylation sites is 1. The Morgan fingerprint density at radius 1 is 1.24 bits per heavy atom. The van der Waals surface area contributed by atoms with Gasteiger partial charge < -0.3 is 10.2 Å². The lowest BCUT2D eigenvalue weighted by molar-refractivity contribution is -0.118. The van der Waals surface area contributed by atoms with Crippen LogP contribution in [-0.2, 0) is 11.2 Å². The number of carbonyl (C=O) groups excluding carboxylic acids is 2. The number of H-pyrrole nitrogens is 1. The number of nitrogens with zero attached hydrogens (tertiary/aromatic N) is 2. The molecule has 2 amide bonds. The van der Waals surface area contributed by atoms with E-state index in [1.807, 2.05) is 49.4 Å². The molecule has 0 unspecified atom stereocenters. The van der Waals surface area contributed by atoms with Gasteiger partial charge in [-0.05, 0) is 43.2 Å². The number of carbonyl (C=O) groups is 2. The van der Waals surface area contributed by atoms with Crippen LogP contribution in [0.4, 0.5) is 11.4 Å². The minimum Gasteiger partial charge on any atom is -0.321 e. The van der Waals surface area contributed by atoms with Crippen molar-refractivity contribution in [2.24, 2.45) is 0 Å². The summed E-state index contributed by atoms with van der Waals surface area (Å²) in [6, 6.07) is 13.2. The fourth-order valence-electron chi connectivity index (χ4n) is 3.31. The molecule has 0 radical (unpaired) electrons. The van der Waals surface area contributed by atoms with E-state index in [0.717, 1.165) is 22.2 Å². The summed E-state index contributed by atoms with van der Waals surface area (Å²) in [6.45, 7) is 2.61. The summed E-state index contributed by atoms with van der Waals surface area (Å²) in [5.74, 6) is -0.105. The SMILES string of the molecule is CCN1C(=O)CCc2cc(NC(=O)c3n[nH]c4ccccc34)ccc21. The minimum absolute atomic E-state index is 0.148. The van der Waals surface area contributed by atoms with Crippen molar-refractivity contribution in [3.8, 4) is 0 Å². The van der Waals surface area contributed by atoms with E-state index >= 15 is 0 Å². The van der Waals surface area contributed by atoms with Crippen molar-refractivity contribution in [3.05, 3.63) is 53.7 Å². The number of aromatic nitrogens is 2. The predicted molar refractivity (Wildman–Crippen MR) is 96.8 cm³/mol. The molecule has 2 N–H and O–H groups in total. The number of benzene rings is 2. The molecule has 126 valence electrons. The van der Waals surface area contributed by atoms with Gasteiger partial charge in [0.05, 0.1) is 5.52 Å². The van der Waals surface area contributed by atoms with Gasteiger partial charge in [0.25, 0.3) is 5.91 Å². The average Bonchev–Trinajstić information content (AvgIpc) is 3.06. The molecule has 0 saturated heterocycles. The van der Waals surface area contributed by atoms with Crippen LogP contribution in [0.2, 0.25) is 0 Å². The van der Waals surface area contributed by atoms with E-state index in [1.54, 1.807) is 4.90 Å². The Morgan fingerprint density at radius 2 is 2.08 bits per heavy atom. The molecule has 0 atom stereocenters. The third kappa shape index (κ3) is 2.65. The second-order valence-electron chi connectivity index (χ2n) is 6.05. The smallest absolute Gasteiger partial charge is 0.276 e. The largest absolute Gasteiger partial charge is 0.321 e. The average molecular weight is 334 g/mol. The molecule has 3 aromatic rings. The molecule has 0 fully saturated rings. The second kappa shape index (κ2) is 6.05. The molecule has 4 rings (SSSR count). The normalized spacial score (nSPS) is 13.8. The Morgan fingerprint density at radius 3 is 2.92 bits per heavy atom. The first-order chi connectivity index (χ1) is 12.2. The fourth-order valence-corrected chi connectivity index (χ4v) is 3.31. The molecule has 2 aromatic carbocycles. The van der Waals surface area contributed by atoms with Gasteiger partial charge in [0, 0.05) is 29.7 Å². The highest BCUT2D eigenvalue weighted by Crippen LogP contribution is 2.30. The van der Waals surface area contributed by atoms with Gasteiger partial charge in [-0.2, -0.15) is 5.10 Å². The van der Waals surface area contributed by atoms with Gasteiger partial charge in [-0.15, -0.1) is 0 Å². The zero-order valence-electron chi connectivity index (χ0n) is 13.9. The summed E-state index contributed by atoms with van der Waals surface area (Å²) in [4.78, 5) is 26.3. The maximum Gasteiger partial charge on any atom is 0.276 e. The van der Waals surface area contributed by atoms with Crippen molar-refractivity contribution in [3.63, 3.8) is 0 Å². The molecule has 0 aliphatic carbocycles. The minimum atomic E-state index is -0.253. The Labute approximate surface area is 144 Å². The van der Waals surface area contributed by atoms with Gasteiger partial charge in [-0.3, -0.25) is 14.7 Å². The summed E-state index contributed by atoms with van der Waals surface area (Å²) >= 11 is 0. The molecule has 2 heterocycles. The molecular weight excluding hydrogens is 316 g/mol. The number of aromatic amines is 1. The number of nitrogens with one attached hydrogen (secondary N) is 2. The van der Waals surface area contributed by atoms with Crippen molar-refractivity contribution in [2.75, 3.05) is 16.8 Å². The first-order valence-electron chi connectivity index (χ1n) is 8.35. The van der Waals surface area contributed by atoms with E-state index in [2.05, 4.69) is 15.5 Å². The van der Waals surface area contributed by atoms with Crippen LogP contribution in [0, 0.1) is 0 Å². The summed E-state index contributed by atoms with van der Waals surface area (Å²) in [6.07, 6.45) is 1.20. The molecule has 0 saturated carbocycles. The van der Waals surface area contributed by atoms with Crippen molar-refractivity contribution in [1.29, 1.82) is 0 Å². The van der Waals surface area contributed by atoms with Crippen molar-refractivity contribution in [1.82, 2.24) is 10.2 Å². The fraction of sp³-hybridized carbons (Fsp3) is 0.211. The lowest BCUT2D eigenvalue weighted by Gasteiger charge is -2.28. The number of amides is 2. The van der Waals surface area contributed by atoms with Gasteiger partial charge in [-0.1, -0.05) is 18.2 Å². The monoisotopic (exact) mass is 334 g/mol. The molecule has 6 heteroatoms. The lowest BCUT2D eigenvalue weighted by Crippen LogP contribution is -2.34. The molecule has 6 nitrogen and oxygen atoms in total. The quantitative estimate of drug-likeness (QED) is 0.772. The van der Waals surface area contributed by atoms with E-state index in [0.29, 0.717) is 30.8 Å². The zero-order chi connectivity index (χ0) is 17.4. The second-order valence-corrected chi connectivity index (χ2v) is 6.05. The van der Waals surface area contributed by atoms with Gasteiger partial charge in [-0.25, -0.2) is 0 Å². The van der Waals surface area contributed by atoms with Crippen LogP contribution in [0.15, 0.2) is 42.5 Å². The summed E-state index contributed by atoms with van der Waals surface area (Å²) < 4.78 is 0. The van der Waals surface area contributed by atoms with Crippen LogP contribution in [0.3, 0.4) is 0 Å². The number of rotatable bonds is 3. The topological polar surface area (TPSA) is 78.1 Å². The van der Waals surface area contributed by atoms with E-state index in [4.69, 9.17) is 0 Å².